The van der Waals surface area contributed by atoms with Gasteiger partial charge in [0.25, 0.3) is 0 Å². The summed E-state index contributed by atoms with van der Waals surface area (Å²) in [5.74, 6) is -0.625. The van der Waals surface area contributed by atoms with E-state index in [4.69, 9.17) is 15.7 Å². The number of hydrogen-bond acceptors (Lipinski definition) is 4. The lowest BCUT2D eigenvalue weighted by atomic mass is 10.2. The summed E-state index contributed by atoms with van der Waals surface area (Å²) in [4.78, 5) is 14.0. The molecule has 0 saturated heterocycles. The highest BCUT2D eigenvalue weighted by molar-refractivity contribution is 6.35. The maximum absolute atomic E-state index is 11.4. The predicted molar refractivity (Wildman–Crippen MR) is 67.2 cm³/mol. The summed E-state index contributed by atoms with van der Waals surface area (Å²) in [6.45, 7) is 0.448. The van der Waals surface area contributed by atoms with Crippen LogP contribution < -0.4 is 0 Å². The molecule has 0 fully saturated rings. The van der Waals surface area contributed by atoms with E-state index in [-0.39, 0.29) is 25.3 Å². The zero-order chi connectivity index (χ0) is 13.2. The molecule has 0 unspecified atom stereocenters. The zero-order valence-electron chi connectivity index (χ0n) is 9.87. The number of carbonyl (C=O) groups excluding carboxylic acids is 1. The van der Waals surface area contributed by atoms with Crippen molar-refractivity contribution in [3.05, 3.63) is 46.3 Å². The Morgan fingerprint density at radius 1 is 1.39 bits per heavy atom. The molecule has 1 rings (SSSR count). The lowest BCUT2D eigenvalue weighted by Gasteiger charge is -2.05. The second kappa shape index (κ2) is 7.86. The smallest absolute Gasteiger partial charge is 0.352 e. The molecule has 0 aliphatic rings. The largest absolute Gasteiger partial charge is 0.456 e. The van der Waals surface area contributed by atoms with Crippen molar-refractivity contribution in [3.8, 4) is 0 Å². The van der Waals surface area contributed by atoms with E-state index in [1.165, 1.54) is 0 Å². The molecule has 1 aromatic rings. The molecular formula is C12H14N4O2. The molecule has 94 valence electrons. The highest BCUT2D eigenvalue weighted by Gasteiger charge is 2.10. The van der Waals surface area contributed by atoms with Crippen molar-refractivity contribution >= 4 is 11.7 Å². The summed E-state index contributed by atoms with van der Waals surface area (Å²) >= 11 is 0. The molecule has 0 aromatic heterocycles. The summed E-state index contributed by atoms with van der Waals surface area (Å²) in [6.07, 6.45) is 0.732. The molecule has 0 bridgehead atoms. The van der Waals surface area contributed by atoms with E-state index in [2.05, 4.69) is 10.0 Å². The minimum absolute atomic E-state index is 0.0981. The molecule has 0 radical (unpaired) electrons. The van der Waals surface area contributed by atoms with Crippen LogP contribution in [0.2, 0.25) is 0 Å². The fourth-order valence-corrected chi connectivity index (χ4v) is 1.28. The molecule has 0 aliphatic heterocycles. The molecule has 6 nitrogen and oxygen atoms in total. The Hall–Kier alpha value is -2.33. The van der Waals surface area contributed by atoms with Crippen LogP contribution in [0.15, 0.2) is 35.4 Å². The molecule has 6 heteroatoms. The molecule has 0 spiro atoms. The van der Waals surface area contributed by atoms with Crippen LogP contribution in [0, 0.1) is 5.41 Å². The van der Waals surface area contributed by atoms with Crippen LogP contribution in [0.25, 0.3) is 10.4 Å². The minimum Gasteiger partial charge on any atom is -0.456 e. The SMILES string of the molecule is [N-]=[N+]=NCCCC(=N)C(=O)OCc1ccccc1. The standard InChI is InChI=1S/C12H14N4O2/c13-11(7-4-8-15-16-14)12(17)18-9-10-5-2-1-3-6-10/h1-3,5-6,13H,4,7-9H2. The van der Waals surface area contributed by atoms with Gasteiger partial charge in [0, 0.05) is 11.5 Å². The summed E-state index contributed by atoms with van der Waals surface area (Å²) < 4.78 is 4.98. The van der Waals surface area contributed by atoms with Crippen LogP contribution in [0.4, 0.5) is 0 Å². The maximum Gasteiger partial charge on any atom is 0.352 e. The van der Waals surface area contributed by atoms with E-state index >= 15 is 0 Å². The second-order valence-electron chi connectivity index (χ2n) is 3.60. The van der Waals surface area contributed by atoms with Crippen LogP contribution in [0.5, 0.6) is 0 Å². The number of ether oxygens (including phenoxy) is 1. The van der Waals surface area contributed by atoms with Crippen molar-refractivity contribution < 1.29 is 9.53 Å². The first kappa shape index (κ1) is 13.7. The van der Waals surface area contributed by atoms with Gasteiger partial charge in [-0.3, -0.25) is 5.41 Å². The Balaban J connectivity index is 2.28. The van der Waals surface area contributed by atoms with E-state index < -0.39 is 5.97 Å². The third-order valence-electron chi connectivity index (χ3n) is 2.21. The third kappa shape index (κ3) is 5.14. The first-order valence-corrected chi connectivity index (χ1v) is 5.53. The highest BCUT2D eigenvalue weighted by atomic mass is 16.5. The van der Waals surface area contributed by atoms with Gasteiger partial charge in [-0.1, -0.05) is 35.4 Å². The van der Waals surface area contributed by atoms with E-state index in [0.29, 0.717) is 6.42 Å². The molecule has 0 atom stereocenters. The molecule has 0 aliphatic carbocycles. The van der Waals surface area contributed by atoms with Gasteiger partial charge in [-0.2, -0.15) is 0 Å². The van der Waals surface area contributed by atoms with Crippen molar-refractivity contribution in [2.45, 2.75) is 19.4 Å². The first-order valence-electron chi connectivity index (χ1n) is 5.53. The number of benzene rings is 1. The number of nitrogens with one attached hydrogen (secondary N) is 1. The van der Waals surface area contributed by atoms with Crippen LogP contribution in [-0.4, -0.2) is 18.2 Å². The summed E-state index contributed by atoms with van der Waals surface area (Å²) in [5.41, 5.74) is 8.85. The van der Waals surface area contributed by atoms with Crippen molar-refractivity contribution in [3.63, 3.8) is 0 Å². The summed E-state index contributed by atoms with van der Waals surface area (Å²) in [6, 6.07) is 9.28. The number of hydrogen-bond donors (Lipinski definition) is 1. The normalized spacial score (nSPS) is 9.33. The molecule has 0 heterocycles. The number of azide groups is 1. The van der Waals surface area contributed by atoms with Crippen LogP contribution in [0.1, 0.15) is 18.4 Å². The van der Waals surface area contributed by atoms with E-state index in [1.807, 2.05) is 30.3 Å². The lowest BCUT2D eigenvalue weighted by molar-refractivity contribution is -0.137. The van der Waals surface area contributed by atoms with Crippen LogP contribution in [0.3, 0.4) is 0 Å². The maximum atomic E-state index is 11.4. The zero-order valence-corrected chi connectivity index (χ0v) is 9.87. The number of esters is 1. The van der Waals surface area contributed by atoms with Crippen molar-refractivity contribution in [2.24, 2.45) is 5.11 Å². The Morgan fingerprint density at radius 3 is 2.78 bits per heavy atom. The van der Waals surface area contributed by atoms with E-state index in [0.717, 1.165) is 5.56 Å². The van der Waals surface area contributed by atoms with Gasteiger partial charge in [0.15, 0.2) is 0 Å². The summed E-state index contributed by atoms with van der Waals surface area (Å²) in [5, 5.41) is 10.8. The molecular weight excluding hydrogens is 232 g/mol. The first-order chi connectivity index (χ1) is 8.74. The third-order valence-corrected chi connectivity index (χ3v) is 2.21. The molecule has 1 aromatic carbocycles. The van der Waals surface area contributed by atoms with Gasteiger partial charge in [-0.25, -0.2) is 4.79 Å². The van der Waals surface area contributed by atoms with Gasteiger partial charge in [-0.05, 0) is 23.9 Å². The van der Waals surface area contributed by atoms with Gasteiger partial charge in [-0.15, -0.1) is 0 Å². The lowest BCUT2D eigenvalue weighted by Crippen LogP contribution is -2.16. The Labute approximate surface area is 105 Å². The number of rotatable bonds is 7. The average molecular weight is 246 g/mol. The van der Waals surface area contributed by atoms with Crippen molar-refractivity contribution in [2.75, 3.05) is 6.54 Å². The molecule has 18 heavy (non-hydrogen) atoms. The highest BCUT2D eigenvalue weighted by Crippen LogP contribution is 2.02. The number of nitrogens with zero attached hydrogens (tertiary/aromatic N) is 3. The fraction of sp³-hybridized carbons (Fsp3) is 0.333. The Bertz CT molecular complexity index is 452. The summed E-state index contributed by atoms with van der Waals surface area (Å²) in [7, 11) is 0. The average Bonchev–Trinajstić information content (AvgIpc) is 2.42. The van der Waals surface area contributed by atoms with Gasteiger partial charge >= 0.3 is 5.97 Å². The minimum atomic E-state index is -0.625. The van der Waals surface area contributed by atoms with Crippen LogP contribution >= 0.6 is 0 Å². The van der Waals surface area contributed by atoms with E-state index in [1.54, 1.807) is 0 Å². The van der Waals surface area contributed by atoms with E-state index in [9.17, 15) is 4.79 Å². The van der Waals surface area contributed by atoms with Crippen molar-refractivity contribution in [1.82, 2.24) is 0 Å². The Morgan fingerprint density at radius 2 is 2.11 bits per heavy atom. The fourth-order valence-electron chi connectivity index (χ4n) is 1.28. The molecule has 1 N–H and O–H groups in total. The Kier molecular flexibility index (Phi) is 6.00. The van der Waals surface area contributed by atoms with Gasteiger partial charge in [0.2, 0.25) is 0 Å². The predicted octanol–water partition coefficient (Wildman–Crippen LogP) is 2.84. The monoisotopic (exact) mass is 246 g/mol. The molecule has 0 amide bonds. The van der Waals surface area contributed by atoms with Gasteiger partial charge < -0.3 is 4.74 Å². The van der Waals surface area contributed by atoms with Crippen LogP contribution in [-0.2, 0) is 16.1 Å². The topological polar surface area (TPSA) is 98.9 Å². The molecule has 0 saturated carbocycles. The second-order valence-corrected chi connectivity index (χ2v) is 3.60. The van der Waals surface area contributed by atoms with Crippen molar-refractivity contribution in [1.29, 1.82) is 5.41 Å². The number of carbonyl (C=O) groups is 1. The van der Waals surface area contributed by atoms with Gasteiger partial charge in [0.1, 0.15) is 12.3 Å². The van der Waals surface area contributed by atoms with Gasteiger partial charge in [0.05, 0.1) is 0 Å². The quantitative estimate of drug-likeness (QED) is 0.200.